The van der Waals surface area contributed by atoms with Gasteiger partial charge < -0.3 is 4.74 Å². The number of esters is 1. The number of hydrogen-bond donors (Lipinski definition) is 0. The molecule has 0 N–H and O–H groups in total. The minimum atomic E-state index is -4.11. The molecule has 0 aliphatic rings. The molecule has 0 aliphatic heterocycles. The standard InChI is InChI=1S/C18H18Cl3NO4S/c1-11(2)26-18(23)10-22(17-9-15(20)14(19)8-16(17)21)27(24,25)13-6-4-12(3)5-7-13/h4-9,11H,10H2,1-3H3. The summed E-state index contributed by atoms with van der Waals surface area (Å²) in [6.07, 6.45) is -0.397. The van der Waals surface area contributed by atoms with E-state index in [9.17, 15) is 13.2 Å². The van der Waals surface area contributed by atoms with Gasteiger partial charge in [-0.1, -0.05) is 52.5 Å². The second-order valence-electron chi connectivity index (χ2n) is 6.08. The summed E-state index contributed by atoms with van der Waals surface area (Å²) >= 11 is 18.2. The Kier molecular flexibility index (Phi) is 7.03. The van der Waals surface area contributed by atoms with Crippen LogP contribution < -0.4 is 4.31 Å². The number of ether oxygens (including phenoxy) is 1. The molecule has 0 radical (unpaired) electrons. The van der Waals surface area contributed by atoms with Crippen LogP contribution in [0.4, 0.5) is 5.69 Å². The lowest BCUT2D eigenvalue weighted by molar-refractivity contribution is -0.145. The van der Waals surface area contributed by atoms with Crippen LogP contribution in [-0.4, -0.2) is 27.0 Å². The van der Waals surface area contributed by atoms with Crippen molar-refractivity contribution in [3.63, 3.8) is 0 Å². The first-order valence-electron chi connectivity index (χ1n) is 7.96. The largest absolute Gasteiger partial charge is 0.462 e. The molecule has 0 heterocycles. The van der Waals surface area contributed by atoms with Crippen molar-refractivity contribution in [2.75, 3.05) is 10.8 Å². The Bertz CT molecular complexity index is 944. The highest BCUT2D eigenvalue weighted by Gasteiger charge is 2.30. The maximum Gasteiger partial charge on any atom is 0.327 e. The monoisotopic (exact) mass is 449 g/mol. The highest BCUT2D eigenvalue weighted by atomic mass is 35.5. The van der Waals surface area contributed by atoms with Gasteiger partial charge in [0.15, 0.2) is 0 Å². The first kappa shape index (κ1) is 21.8. The van der Waals surface area contributed by atoms with E-state index in [1.807, 2.05) is 6.92 Å². The van der Waals surface area contributed by atoms with Crippen LogP contribution in [0.1, 0.15) is 19.4 Å². The summed E-state index contributed by atoms with van der Waals surface area (Å²) in [5, 5.41) is 0.317. The van der Waals surface area contributed by atoms with E-state index in [1.54, 1.807) is 26.0 Å². The van der Waals surface area contributed by atoms with Crippen molar-refractivity contribution in [3.8, 4) is 0 Å². The van der Waals surface area contributed by atoms with Crippen LogP contribution in [0, 0.1) is 6.92 Å². The summed E-state index contributed by atoms with van der Waals surface area (Å²) in [7, 11) is -4.11. The molecule has 0 atom stereocenters. The average molecular weight is 451 g/mol. The van der Waals surface area contributed by atoms with Crippen molar-refractivity contribution in [1.82, 2.24) is 0 Å². The zero-order valence-corrected chi connectivity index (χ0v) is 18.0. The molecule has 0 aliphatic carbocycles. The zero-order valence-electron chi connectivity index (χ0n) is 14.9. The maximum atomic E-state index is 13.2. The number of carbonyl (C=O) groups is 1. The van der Waals surface area contributed by atoms with Crippen LogP contribution in [0.15, 0.2) is 41.3 Å². The van der Waals surface area contributed by atoms with Crippen molar-refractivity contribution < 1.29 is 17.9 Å². The van der Waals surface area contributed by atoms with Gasteiger partial charge in [-0.15, -0.1) is 0 Å². The molecule has 2 rings (SSSR count). The molecule has 2 aromatic rings. The summed E-state index contributed by atoms with van der Waals surface area (Å²) in [4.78, 5) is 12.2. The topological polar surface area (TPSA) is 63.7 Å². The van der Waals surface area contributed by atoms with Crippen molar-refractivity contribution in [1.29, 1.82) is 0 Å². The van der Waals surface area contributed by atoms with Crippen LogP contribution in [0.2, 0.25) is 15.1 Å². The lowest BCUT2D eigenvalue weighted by Crippen LogP contribution is -2.37. The first-order chi connectivity index (χ1) is 12.5. The molecule has 146 valence electrons. The SMILES string of the molecule is Cc1ccc(S(=O)(=O)N(CC(=O)OC(C)C)c2cc(Cl)c(Cl)cc2Cl)cc1. The third-order valence-corrected chi connectivity index (χ3v) is 6.31. The predicted molar refractivity (Wildman–Crippen MR) is 108 cm³/mol. The van der Waals surface area contributed by atoms with Gasteiger partial charge in [-0.3, -0.25) is 9.10 Å². The Balaban J connectivity index is 2.57. The zero-order chi connectivity index (χ0) is 20.4. The molecule has 0 unspecified atom stereocenters. The molecule has 0 aromatic heterocycles. The Labute approximate surface area is 173 Å². The third-order valence-electron chi connectivity index (χ3n) is 3.51. The van der Waals surface area contributed by atoms with Crippen LogP contribution in [0.25, 0.3) is 0 Å². The van der Waals surface area contributed by atoms with E-state index in [2.05, 4.69) is 0 Å². The Hall–Kier alpha value is -1.47. The predicted octanol–water partition coefficient (Wildman–Crippen LogP) is 5.10. The fraction of sp³-hybridized carbons (Fsp3) is 0.278. The fourth-order valence-electron chi connectivity index (χ4n) is 2.26. The summed E-state index contributed by atoms with van der Waals surface area (Å²) in [6, 6.07) is 8.86. The Morgan fingerprint density at radius 1 is 1.04 bits per heavy atom. The Morgan fingerprint density at radius 2 is 1.59 bits per heavy atom. The quantitative estimate of drug-likeness (QED) is 0.453. The number of aryl methyl sites for hydroxylation is 1. The van der Waals surface area contributed by atoms with E-state index in [0.717, 1.165) is 9.87 Å². The molecule has 9 heteroatoms. The molecule has 0 bridgehead atoms. The van der Waals surface area contributed by atoms with Crippen molar-refractivity contribution in [2.45, 2.75) is 31.8 Å². The minimum absolute atomic E-state index is 0.00702. The van der Waals surface area contributed by atoms with E-state index in [-0.39, 0.29) is 25.7 Å². The molecular weight excluding hydrogens is 433 g/mol. The van der Waals surface area contributed by atoms with Gasteiger partial charge in [0.1, 0.15) is 6.54 Å². The van der Waals surface area contributed by atoms with Gasteiger partial charge >= 0.3 is 5.97 Å². The van der Waals surface area contributed by atoms with E-state index in [1.165, 1.54) is 24.3 Å². The maximum absolute atomic E-state index is 13.2. The van der Waals surface area contributed by atoms with Crippen LogP contribution >= 0.6 is 34.8 Å². The van der Waals surface area contributed by atoms with Gasteiger partial charge in [-0.2, -0.15) is 0 Å². The molecule has 0 saturated heterocycles. The summed E-state index contributed by atoms with van der Waals surface area (Å²) in [5.41, 5.74) is 0.930. The lowest BCUT2D eigenvalue weighted by Gasteiger charge is -2.25. The average Bonchev–Trinajstić information content (AvgIpc) is 2.56. The van der Waals surface area contributed by atoms with E-state index < -0.39 is 28.6 Å². The third kappa shape index (κ3) is 5.29. The molecule has 2 aromatic carbocycles. The van der Waals surface area contributed by atoms with Gasteiger partial charge in [0.25, 0.3) is 10.0 Å². The number of carbonyl (C=O) groups excluding carboxylic acids is 1. The van der Waals surface area contributed by atoms with Crippen LogP contribution in [0.3, 0.4) is 0 Å². The molecule has 0 amide bonds. The van der Waals surface area contributed by atoms with Gasteiger partial charge in [0.2, 0.25) is 0 Å². The van der Waals surface area contributed by atoms with E-state index in [4.69, 9.17) is 39.5 Å². The summed E-state index contributed by atoms with van der Waals surface area (Å²) < 4.78 is 32.4. The van der Waals surface area contributed by atoms with Crippen LogP contribution in [0.5, 0.6) is 0 Å². The number of sulfonamides is 1. The van der Waals surface area contributed by atoms with Gasteiger partial charge in [0, 0.05) is 0 Å². The molecule has 5 nitrogen and oxygen atoms in total. The highest BCUT2D eigenvalue weighted by molar-refractivity contribution is 7.92. The molecular formula is C18H18Cl3NO4S. The number of anilines is 1. The van der Waals surface area contributed by atoms with Gasteiger partial charge in [-0.05, 0) is 45.0 Å². The van der Waals surface area contributed by atoms with E-state index in [0.29, 0.717) is 0 Å². The van der Waals surface area contributed by atoms with Gasteiger partial charge in [-0.25, -0.2) is 8.42 Å². The van der Waals surface area contributed by atoms with Crippen molar-refractivity contribution in [2.24, 2.45) is 0 Å². The second-order valence-corrected chi connectivity index (χ2v) is 9.16. The smallest absolute Gasteiger partial charge is 0.327 e. The number of benzene rings is 2. The fourth-order valence-corrected chi connectivity index (χ4v) is 4.37. The first-order valence-corrected chi connectivity index (χ1v) is 10.5. The summed E-state index contributed by atoms with van der Waals surface area (Å²) in [5.74, 6) is -0.720. The molecule has 27 heavy (non-hydrogen) atoms. The highest BCUT2D eigenvalue weighted by Crippen LogP contribution is 2.37. The molecule has 0 saturated carbocycles. The number of nitrogens with zero attached hydrogens (tertiary/aromatic N) is 1. The van der Waals surface area contributed by atoms with E-state index >= 15 is 0 Å². The second kappa shape index (κ2) is 8.69. The molecule has 0 fully saturated rings. The molecule has 0 spiro atoms. The number of rotatable bonds is 6. The van der Waals surface area contributed by atoms with Crippen molar-refractivity contribution >= 4 is 56.5 Å². The lowest BCUT2D eigenvalue weighted by atomic mass is 10.2. The minimum Gasteiger partial charge on any atom is -0.462 e. The summed E-state index contributed by atoms with van der Waals surface area (Å²) in [6.45, 7) is 4.61. The number of halogens is 3. The Morgan fingerprint density at radius 3 is 2.15 bits per heavy atom. The number of hydrogen-bond acceptors (Lipinski definition) is 4. The van der Waals surface area contributed by atoms with Crippen molar-refractivity contribution in [3.05, 3.63) is 57.0 Å². The van der Waals surface area contributed by atoms with Crippen LogP contribution in [-0.2, 0) is 19.6 Å². The van der Waals surface area contributed by atoms with Gasteiger partial charge in [0.05, 0.1) is 31.8 Å². The normalized spacial score (nSPS) is 11.5.